The molecule has 3 aliphatic rings. The summed E-state index contributed by atoms with van der Waals surface area (Å²) in [5.41, 5.74) is 2.11. The first-order chi connectivity index (χ1) is 7.66. The number of aliphatic carboxylic acids is 1. The minimum Gasteiger partial charge on any atom is -0.478 e. The number of rotatable bonds is 3. The van der Waals surface area contributed by atoms with E-state index in [0.717, 1.165) is 17.8 Å². The minimum absolute atomic E-state index is 0.404. The number of carbonyl (C=O) groups is 1. The second-order valence-electron chi connectivity index (χ2n) is 5.59. The van der Waals surface area contributed by atoms with Crippen molar-refractivity contribution in [2.75, 3.05) is 0 Å². The van der Waals surface area contributed by atoms with Gasteiger partial charge >= 0.3 is 5.97 Å². The molecule has 2 bridgehead atoms. The Hall–Kier alpha value is -1.05. The van der Waals surface area contributed by atoms with E-state index in [0.29, 0.717) is 17.9 Å². The van der Waals surface area contributed by atoms with Gasteiger partial charge in [0.25, 0.3) is 0 Å². The molecule has 0 saturated heterocycles. The maximum absolute atomic E-state index is 10.8. The van der Waals surface area contributed by atoms with Crippen LogP contribution in [0.1, 0.15) is 32.1 Å². The van der Waals surface area contributed by atoms with Crippen LogP contribution in [-0.2, 0) is 4.79 Å². The van der Waals surface area contributed by atoms with E-state index in [4.69, 9.17) is 5.11 Å². The number of carboxylic acid groups (broad SMARTS) is 1. The molecule has 0 aromatic heterocycles. The van der Waals surface area contributed by atoms with E-state index < -0.39 is 5.97 Å². The molecule has 0 spiro atoms. The highest BCUT2D eigenvalue weighted by Crippen LogP contribution is 2.59. The summed E-state index contributed by atoms with van der Waals surface area (Å²) >= 11 is 0. The molecule has 2 fully saturated rings. The summed E-state index contributed by atoms with van der Waals surface area (Å²) in [4.78, 5) is 10.8. The molecule has 2 nitrogen and oxygen atoms in total. The van der Waals surface area contributed by atoms with Crippen molar-refractivity contribution in [3.8, 4) is 0 Å². The quantitative estimate of drug-likeness (QED) is 0.584. The fraction of sp³-hybridized carbons (Fsp3) is 0.643. The van der Waals surface area contributed by atoms with Gasteiger partial charge in [0.15, 0.2) is 0 Å². The van der Waals surface area contributed by atoms with Gasteiger partial charge in [-0.15, -0.1) is 0 Å². The Balaban J connectivity index is 1.71. The van der Waals surface area contributed by atoms with Gasteiger partial charge in [0, 0.05) is 5.57 Å². The van der Waals surface area contributed by atoms with Crippen molar-refractivity contribution in [3.05, 3.63) is 23.8 Å². The van der Waals surface area contributed by atoms with Crippen LogP contribution in [-0.4, -0.2) is 11.1 Å². The summed E-state index contributed by atoms with van der Waals surface area (Å²) < 4.78 is 0. The third-order valence-corrected chi connectivity index (χ3v) is 4.83. The van der Waals surface area contributed by atoms with Crippen molar-refractivity contribution in [2.45, 2.75) is 32.1 Å². The van der Waals surface area contributed by atoms with Crippen LogP contribution in [0.5, 0.6) is 0 Å². The lowest BCUT2D eigenvalue weighted by atomic mass is 9.76. The van der Waals surface area contributed by atoms with Crippen LogP contribution < -0.4 is 0 Å². The van der Waals surface area contributed by atoms with E-state index in [1.807, 2.05) is 0 Å². The Labute approximate surface area is 96.0 Å². The van der Waals surface area contributed by atoms with Crippen LogP contribution in [0.3, 0.4) is 0 Å². The largest absolute Gasteiger partial charge is 0.478 e. The highest BCUT2D eigenvalue weighted by molar-refractivity contribution is 5.85. The SMILES string of the molecule is C=C(CC1CC2CC1C1CCC=C21)C(=O)O. The fourth-order valence-electron chi connectivity index (χ4n) is 4.24. The van der Waals surface area contributed by atoms with Crippen molar-refractivity contribution in [3.63, 3.8) is 0 Å². The Kier molecular flexibility index (Phi) is 2.20. The average molecular weight is 218 g/mol. The molecule has 3 rings (SSSR count). The molecule has 0 heterocycles. The van der Waals surface area contributed by atoms with Gasteiger partial charge in [-0.05, 0) is 55.8 Å². The Morgan fingerprint density at radius 2 is 2.31 bits per heavy atom. The van der Waals surface area contributed by atoms with Crippen LogP contribution in [0, 0.1) is 23.7 Å². The van der Waals surface area contributed by atoms with Crippen LogP contribution in [0.2, 0.25) is 0 Å². The molecule has 1 N–H and O–H groups in total. The van der Waals surface area contributed by atoms with E-state index in [1.54, 1.807) is 5.57 Å². The Morgan fingerprint density at radius 1 is 1.50 bits per heavy atom. The molecule has 86 valence electrons. The predicted molar refractivity (Wildman–Crippen MR) is 61.9 cm³/mol. The van der Waals surface area contributed by atoms with Gasteiger partial charge in [-0.25, -0.2) is 4.79 Å². The highest BCUT2D eigenvalue weighted by Gasteiger charge is 2.50. The first-order valence-corrected chi connectivity index (χ1v) is 6.28. The smallest absolute Gasteiger partial charge is 0.330 e. The minimum atomic E-state index is -0.815. The fourth-order valence-corrected chi connectivity index (χ4v) is 4.24. The van der Waals surface area contributed by atoms with Crippen molar-refractivity contribution in [2.24, 2.45) is 23.7 Å². The normalized spacial score (nSPS) is 39.6. The van der Waals surface area contributed by atoms with E-state index in [-0.39, 0.29) is 0 Å². The van der Waals surface area contributed by atoms with Gasteiger partial charge < -0.3 is 5.11 Å². The third kappa shape index (κ3) is 1.35. The van der Waals surface area contributed by atoms with Crippen LogP contribution in [0.25, 0.3) is 0 Å². The molecule has 4 unspecified atom stereocenters. The number of allylic oxidation sites excluding steroid dienone is 2. The van der Waals surface area contributed by atoms with Crippen molar-refractivity contribution < 1.29 is 9.90 Å². The third-order valence-electron chi connectivity index (χ3n) is 4.83. The number of carboxylic acids is 1. The maximum Gasteiger partial charge on any atom is 0.330 e. The zero-order chi connectivity index (χ0) is 11.3. The molecular formula is C14H18O2. The second-order valence-corrected chi connectivity index (χ2v) is 5.59. The van der Waals surface area contributed by atoms with Crippen LogP contribution in [0.4, 0.5) is 0 Å². The Bertz CT molecular complexity index is 380. The second kappa shape index (κ2) is 3.47. The lowest BCUT2D eigenvalue weighted by Gasteiger charge is -2.29. The van der Waals surface area contributed by atoms with Crippen molar-refractivity contribution >= 4 is 5.97 Å². The molecule has 0 aromatic rings. The molecule has 2 saturated carbocycles. The first kappa shape index (κ1) is 10.1. The highest BCUT2D eigenvalue weighted by atomic mass is 16.4. The summed E-state index contributed by atoms with van der Waals surface area (Å²) in [6, 6.07) is 0. The maximum atomic E-state index is 10.8. The summed E-state index contributed by atoms with van der Waals surface area (Å²) in [5, 5.41) is 8.89. The predicted octanol–water partition coefficient (Wildman–Crippen LogP) is 3.01. The van der Waals surface area contributed by atoms with Gasteiger partial charge in [0.05, 0.1) is 0 Å². The van der Waals surface area contributed by atoms with Gasteiger partial charge in [0.2, 0.25) is 0 Å². The van der Waals surface area contributed by atoms with Crippen LogP contribution in [0.15, 0.2) is 23.8 Å². The van der Waals surface area contributed by atoms with Crippen LogP contribution >= 0.6 is 0 Å². The molecule has 0 aliphatic heterocycles. The van der Waals surface area contributed by atoms with Gasteiger partial charge in [0.1, 0.15) is 0 Å². The lowest BCUT2D eigenvalue weighted by molar-refractivity contribution is -0.132. The molecule has 16 heavy (non-hydrogen) atoms. The number of hydrogen-bond acceptors (Lipinski definition) is 1. The van der Waals surface area contributed by atoms with Gasteiger partial charge in [-0.3, -0.25) is 0 Å². The van der Waals surface area contributed by atoms with E-state index in [1.165, 1.54) is 25.7 Å². The summed E-state index contributed by atoms with van der Waals surface area (Å²) in [6.45, 7) is 3.67. The van der Waals surface area contributed by atoms with Crippen molar-refractivity contribution in [1.82, 2.24) is 0 Å². The molecule has 4 atom stereocenters. The molecule has 2 heteroatoms. The van der Waals surface area contributed by atoms with E-state index in [9.17, 15) is 4.79 Å². The van der Waals surface area contributed by atoms with Gasteiger partial charge in [-0.1, -0.05) is 18.2 Å². The summed E-state index contributed by atoms with van der Waals surface area (Å²) in [6.07, 6.45) is 8.23. The van der Waals surface area contributed by atoms with Crippen molar-refractivity contribution in [1.29, 1.82) is 0 Å². The first-order valence-electron chi connectivity index (χ1n) is 6.28. The lowest BCUT2D eigenvalue weighted by Crippen LogP contribution is -2.21. The number of fused-ring (bicyclic) bond motifs is 5. The topological polar surface area (TPSA) is 37.3 Å². The van der Waals surface area contributed by atoms with E-state index in [2.05, 4.69) is 12.7 Å². The molecule has 0 amide bonds. The van der Waals surface area contributed by atoms with E-state index >= 15 is 0 Å². The number of hydrogen-bond donors (Lipinski definition) is 1. The Morgan fingerprint density at radius 3 is 3.06 bits per heavy atom. The average Bonchev–Trinajstić information content (AvgIpc) is 2.87. The zero-order valence-electron chi connectivity index (χ0n) is 9.48. The standard InChI is InChI=1S/C14H18O2/c1-8(14(15)16)5-9-6-10-7-13(9)12-4-2-3-11(10)12/h3,9-10,12-13H,1-2,4-7H2,(H,15,16). The zero-order valence-corrected chi connectivity index (χ0v) is 9.48. The summed E-state index contributed by atoms with van der Waals surface area (Å²) in [5.74, 6) is 2.11. The van der Waals surface area contributed by atoms with Gasteiger partial charge in [-0.2, -0.15) is 0 Å². The summed E-state index contributed by atoms with van der Waals surface area (Å²) in [7, 11) is 0. The molecule has 0 radical (unpaired) electrons. The molecule has 0 aromatic carbocycles. The molecule has 3 aliphatic carbocycles. The monoisotopic (exact) mass is 218 g/mol. The molecular weight excluding hydrogens is 200 g/mol.